The lowest BCUT2D eigenvalue weighted by Crippen LogP contribution is -2.20. The summed E-state index contributed by atoms with van der Waals surface area (Å²) in [5.41, 5.74) is 6.41. The van der Waals surface area contributed by atoms with Gasteiger partial charge < -0.3 is 21.1 Å². The van der Waals surface area contributed by atoms with Gasteiger partial charge in [-0.3, -0.25) is 0 Å². The third kappa shape index (κ3) is 4.47. The predicted molar refractivity (Wildman–Crippen MR) is 80.0 cm³/mol. The van der Waals surface area contributed by atoms with Gasteiger partial charge in [0.25, 0.3) is 0 Å². The molecule has 0 atom stereocenters. The molecule has 21 heavy (non-hydrogen) atoms. The molecule has 0 spiro atoms. The SMILES string of the molecule is NCCOc1ccccc1NC(=O)Nc1ccc(F)cc1. The molecule has 0 radical (unpaired) electrons. The number of para-hydroxylation sites is 2. The number of hydrogen-bond donors (Lipinski definition) is 3. The van der Waals surface area contributed by atoms with Crippen molar-refractivity contribution in [2.45, 2.75) is 0 Å². The Labute approximate surface area is 121 Å². The van der Waals surface area contributed by atoms with Crippen molar-refractivity contribution in [3.63, 3.8) is 0 Å². The Hall–Kier alpha value is -2.60. The van der Waals surface area contributed by atoms with E-state index in [0.29, 0.717) is 30.3 Å². The van der Waals surface area contributed by atoms with Gasteiger partial charge in [-0.15, -0.1) is 0 Å². The van der Waals surface area contributed by atoms with Gasteiger partial charge in [-0.05, 0) is 36.4 Å². The van der Waals surface area contributed by atoms with E-state index in [4.69, 9.17) is 10.5 Å². The molecular weight excluding hydrogens is 273 g/mol. The van der Waals surface area contributed by atoms with Gasteiger partial charge in [-0.1, -0.05) is 12.1 Å². The van der Waals surface area contributed by atoms with Crippen LogP contribution in [0.5, 0.6) is 5.75 Å². The molecule has 2 aromatic rings. The molecule has 2 rings (SSSR count). The minimum Gasteiger partial charge on any atom is -0.490 e. The van der Waals surface area contributed by atoms with E-state index in [9.17, 15) is 9.18 Å². The highest BCUT2D eigenvalue weighted by atomic mass is 19.1. The number of benzene rings is 2. The Bertz CT molecular complexity index is 602. The van der Waals surface area contributed by atoms with E-state index in [1.54, 1.807) is 24.3 Å². The maximum atomic E-state index is 12.8. The van der Waals surface area contributed by atoms with E-state index in [0.717, 1.165) is 0 Å². The molecule has 0 fully saturated rings. The highest BCUT2D eigenvalue weighted by Crippen LogP contribution is 2.23. The molecule has 0 aromatic heterocycles. The van der Waals surface area contributed by atoms with Gasteiger partial charge in [0.15, 0.2) is 0 Å². The summed E-state index contributed by atoms with van der Waals surface area (Å²) in [6.45, 7) is 0.744. The zero-order chi connectivity index (χ0) is 15.1. The molecule has 2 aromatic carbocycles. The van der Waals surface area contributed by atoms with Gasteiger partial charge in [-0.25, -0.2) is 9.18 Å². The Kier molecular flexibility index (Phi) is 5.11. The summed E-state index contributed by atoms with van der Waals surface area (Å²) in [4.78, 5) is 11.9. The van der Waals surface area contributed by atoms with E-state index < -0.39 is 6.03 Å². The van der Waals surface area contributed by atoms with Crippen molar-refractivity contribution in [1.82, 2.24) is 0 Å². The molecule has 110 valence electrons. The second-order valence-electron chi connectivity index (χ2n) is 4.22. The van der Waals surface area contributed by atoms with Crippen molar-refractivity contribution in [2.24, 2.45) is 5.73 Å². The van der Waals surface area contributed by atoms with Crippen molar-refractivity contribution in [3.8, 4) is 5.75 Å². The zero-order valence-corrected chi connectivity index (χ0v) is 11.3. The number of hydrogen-bond acceptors (Lipinski definition) is 3. The Balaban J connectivity index is 2.00. The highest BCUT2D eigenvalue weighted by Gasteiger charge is 2.07. The summed E-state index contributed by atoms with van der Waals surface area (Å²) in [5.74, 6) is 0.179. The van der Waals surface area contributed by atoms with Gasteiger partial charge in [0, 0.05) is 12.2 Å². The lowest BCUT2D eigenvalue weighted by molar-refractivity contribution is 0.262. The Morgan fingerprint density at radius 1 is 1.10 bits per heavy atom. The number of rotatable bonds is 5. The third-order valence-corrected chi connectivity index (χ3v) is 2.61. The minimum atomic E-state index is -0.439. The summed E-state index contributed by atoms with van der Waals surface area (Å²) in [5, 5.41) is 5.28. The number of anilines is 2. The number of ether oxygens (including phenoxy) is 1. The van der Waals surface area contributed by atoms with Crippen LogP contribution in [0.15, 0.2) is 48.5 Å². The molecule has 5 nitrogen and oxygen atoms in total. The monoisotopic (exact) mass is 289 g/mol. The van der Waals surface area contributed by atoms with E-state index in [-0.39, 0.29) is 5.82 Å². The molecule has 0 saturated carbocycles. The summed E-state index contributed by atoms with van der Waals surface area (Å²) < 4.78 is 18.2. The number of nitrogens with two attached hydrogens (primary N) is 1. The first kappa shape index (κ1) is 14.8. The van der Waals surface area contributed by atoms with Gasteiger partial charge in [0.2, 0.25) is 0 Å². The number of nitrogens with one attached hydrogen (secondary N) is 2. The van der Waals surface area contributed by atoms with Crippen molar-refractivity contribution in [1.29, 1.82) is 0 Å². The van der Waals surface area contributed by atoms with Crippen LogP contribution in [0.4, 0.5) is 20.6 Å². The first-order valence-corrected chi connectivity index (χ1v) is 6.44. The average Bonchev–Trinajstić information content (AvgIpc) is 2.49. The van der Waals surface area contributed by atoms with Crippen LogP contribution in [0.25, 0.3) is 0 Å². The van der Waals surface area contributed by atoms with Crippen LogP contribution in [0.2, 0.25) is 0 Å². The molecule has 0 aliphatic heterocycles. The van der Waals surface area contributed by atoms with Gasteiger partial charge in [0.1, 0.15) is 18.2 Å². The molecule has 0 bridgehead atoms. The zero-order valence-electron chi connectivity index (χ0n) is 11.3. The second kappa shape index (κ2) is 7.25. The van der Waals surface area contributed by atoms with Crippen LogP contribution in [0.3, 0.4) is 0 Å². The molecule has 2 amide bonds. The summed E-state index contributed by atoms with van der Waals surface area (Å²) in [7, 11) is 0. The van der Waals surface area contributed by atoms with Gasteiger partial charge in [0.05, 0.1) is 5.69 Å². The van der Waals surface area contributed by atoms with Crippen molar-refractivity contribution in [2.75, 3.05) is 23.8 Å². The summed E-state index contributed by atoms with van der Waals surface area (Å²) in [6, 6.07) is 12.1. The van der Waals surface area contributed by atoms with Crippen LogP contribution < -0.4 is 21.1 Å². The van der Waals surface area contributed by atoms with E-state index in [1.165, 1.54) is 24.3 Å². The maximum absolute atomic E-state index is 12.8. The molecule has 0 aliphatic rings. The standard InChI is InChI=1S/C15H16FN3O2/c16-11-5-7-12(8-6-11)18-15(20)19-13-3-1-2-4-14(13)21-10-9-17/h1-8H,9-10,17H2,(H2,18,19,20). The molecule has 0 aliphatic carbocycles. The summed E-state index contributed by atoms with van der Waals surface area (Å²) >= 11 is 0. The number of amides is 2. The normalized spacial score (nSPS) is 10.0. The molecule has 0 heterocycles. The fraction of sp³-hybridized carbons (Fsp3) is 0.133. The van der Waals surface area contributed by atoms with Crippen LogP contribution in [-0.4, -0.2) is 19.2 Å². The molecule has 6 heteroatoms. The fourth-order valence-corrected chi connectivity index (χ4v) is 1.68. The lowest BCUT2D eigenvalue weighted by atomic mass is 10.3. The van der Waals surface area contributed by atoms with Crippen LogP contribution >= 0.6 is 0 Å². The average molecular weight is 289 g/mol. The lowest BCUT2D eigenvalue weighted by Gasteiger charge is -2.12. The molecule has 0 unspecified atom stereocenters. The van der Waals surface area contributed by atoms with Crippen LogP contribution in [0.1, 0.15) is 0 Å². The molecule has 4 N–H and O–H groups in total. The topological polar surface area (TPSA) is 76.4 Å². The first-order valence-electron chi connectivity index (χ1n) is 6.44. The van der Waals surface area contributed by atoms with E-state index in [1.807, 2.05) is 0 Å². The van der Waals surface area contributed by atoms with Gasteiger partial charge >= 0.3 is 6.03 Å². The summed E-state index contributed by atoms with van der Waals surface area (Å²) in [6.07, 6.45) is 0. The van der Waals surface area contributed by atoms with Crippen LogP contribution in [0, 0.1) is 5.82 Å². The minimum absolute atomic E-state index is 0.359. The van der Waals surface area contributed by atoms with Crippen molar-refractivity contribution in [3.05, 3.63) is 54.3 Å². The fourth-order valence-electron chi connectivity index (χ4n) is 1.68. The van der Waals surface area contributed by atoms with Crippen LogP contribution in [-0.2, 0) is 0 Å². The maximum Gasteiger partial charge on any atom is 0.323 e. The highest BCUT2D eigenvalue weighted by molar-refractivity contribution is 6.00. The first-order chi connectivity index (χ1) is 10.2. The number of urea groups is 1. The second-order valence-corrected chi connectivity index (χ2v) is 4.22. The number of halogens is 1. The quantitative estimate of drug-likeness (QED) is 0.792. The predicted octanol–water partition coefficient (Wildman–Crippen LogP) is 2.81. The van der Waals surface area contributed by atoms with Crippen molar-refractivity contribution < 1.29 is 13.9 Å². The van der Waals surface area contributed by atoms with E-state index in [2.05, 4.69) is 10.6 Å². The van der Waals surface area contributed by atoms with E-state index >= 15 is 0 Å². The molecular formula is C15H16FN3O2. The van der Waals surface area contributed by atoms with Crippen molar-refractivity contribution >= 4 is 17.4 Å². The third-order valence-electron chi connectivity index (χ3n) is 2.61. The molecule has 0 saturated heterocycles. The smallest absolute Gasteiger partial charge is 0.323 e. The number of carbonyl (C=O) groups excluding carboxylic acids is 1. The largest absolute Gasteiger partial charge is 0.490 e. The Morgan fingerprint density at radius 2 is 1.81 bits per heavy atom. The van der Waals surface area contributed by atoms with Gasteiger partial charge in [-0.2, -0.15) is 0 Å². The number of carbonyl (C=O) groups is 1. The Morgan fingerprint density at radius 3 is 2.52 bits per heavy atom.